The molecule has 0 aliphatic heterocycles. The highest BCUT2D eigenvalue weighted by Gasteiger charge is 2.20. The predicted octanol–water partition coefficient (Wildman–Crippen LogP) is 1.54. The van der Waals surface area contributed by atoms with Crippen LogP contribution in [0.25, 0.3) is 0 Å². The second-order valence-corrected chi connectivity index (χ2v) is 6.99. The van der Waals surface area contributed by atoms with Gasteiger partial charge in [0.2, 0.25) is 0 Å². The van der Waals surface area contributed by atoms with E-state index in [1.54, 1.807) is 0 Å². The molecule has 8 nitrogen and oxygen atoms in total. The van der Waals surface area contributed by atoms with Crippen LogP contribution in [0.1, 0.15) is 23.2 Å². The van der Waals surface area contributed by atoms with Gasteiger partial charge in [-0.05, 0) is 35.4 Å². The molecule has 30 heavy (non-hydrogen) atoms. The van der Waals surface area contributed by atoms with Crippen LogP contribution in [0.3, 0.4) is 0 Å². The number of nitrogens with one attached hydrogen (secondary N) is 4. The van der Waals surface area contributed by atoms with E-state index in [1.807, 2.05) is 84.9 Å². The van der Waals surface area contributed by atoms with E-state index in [1.165, 1.54) is 0 Å². The van der Waals surface area contributed by atoms with E-state index in [-0.39, 0.29) is 13.1 Å². The summed E-state index contributed by atoms with van der Waals surface area (Å²) in [6.07, 6.45) is 0. The minimum atomic E-state index is -0.918. The zero-order valence-electron chi connectivity index (χ0n) is 16.4. The number of para-hydroxylation sites is 2. The lowest BCUT2D eigenvalue weighted by Gasteiger charge is -2.26. The van der Waals surface area contributed by atoms with Crippen molar-refractivity contribution in [3.63, 3.8) is 0 Å². The molecule has 0 bridgehead atoms. The fourth-order valence-corrected chi connectivity index (χ4v) is 3.32. The molecule has 0 aliphatic rings. The summed E-state index contributed by atoms with van der Waals surface area (Å²) in [6.45, 7) is -0.206. The van der Waals surface area contributed by atoms with Gasteiger partial charge in [0.15, 0.2) is 0 Å². The number of anilines is 2. The first-order chi connectivity index (χ1) is 14.5. The average molecular weight is 410 g/mol. The van der Waals surface area contributed by atoms with Crippen LogP contribution in [0.5, 0.6) is 0 Å². The molecule has 3 aromatic carbocycles. The Hall–Kier alpha value is -2.98. The van der Waals surface area contributed by atoms with E-state index in [0.717, 1.165) is 22.5 Å². The summed E-state index contributed by atoms with van der Waals surface area (Å²) in [4.78, 5) is 0. The maximum atomic E-state index is 11.4. The lowest BCUT2D eigenvalue weighted by Crippen LogP contribution is -3.05. The fourth-order valence-electron chi connectivity index (χ4n) is 3.32. The van der Waals surface area contributed by atoms with E-state index in [2.05, 4.69) is 10.6 Å². The molecule has 8 heteroatoms. The van der Waals surface area contributed by atoms with E-state index >= 15 is 0 Å². The van der Waals surface area contributed by atoms with Gasteiger partial charge in [0.25, 0.3) is 0 Å². The maximum absolute atomic E-state index is 11.4. The van der Waals surface area contributed by atoms with Crippen LogP contribution in [0.2, 0.25) is 0 Å². The number of hydroxylamine groups is 4. The molecule has 0 radical (unpaired) electrons. The number of hydrogen-bond donors (Lipinski definition) is 6. The molecule has 0 aromatic heterocycles. The summed E-state index contributed by atoms with van der Waals surface area (Å²) in [5.41, 5.74) is 3.20. The Kier molecular flexibility index (Phi) is 7.75. The second-order valence-electron chi connectivity index (χ2n) is 6.99. The third kappa shape index (κ3) is 6.53. The van der Waals surface area contributed by atoms with Crippen molar-refractivity contribution in [2.45, 2.75) is 12.1 Å². The quantitative estimate of drug-likeness (QED) is 0.282. The number of benzene rings is 3. The summed E-state index contributed by atoms with van der Waals surface area (Å²) >= 11 is 0. The smallest absolute Gasteiger partial charge is 0.131 e. The van der Waals surface area contributed by atoms with Crippen LogP contribution < -0.4 is 21.1 Å². The van der Waals surface area contributed by atoms with Gasteiger partial charge in [0.05, 0.1) is 0 Å². The summed E-state index contributed by atoms with van der Waals surface area (Å²) in [6, 6.07) is 25.3. The summed E-state index contributed by atoms with van der Waals surface area (Å²) in [7, 11) is 0. The lowest BCUT2D eigenvalue weighted by molar-refractivity contribution is -1.05. The Morgan fingerprint density at radius 1 is 0.633 bits per heavy atom. The fraction of sp³-hybridized carbons (Fsp3) is 0.182. The van der Waals surface area contributed by atoms with Crippen molar-refractivity contribution in [2.24, 2.45) is 0 Å². The van der Waals surface area contributed by atoms with Crippen molar-refractivity contribution in [1.82, 2.24) is 0 Å². The van der Waals surface area contributed by atoms with E-state index in [0.29, 0.717) is 0 Å². The van der Waals surface area contributed by atoms with Crippen LogP contribution in [0.4, 0.5) is 11.4 Å². The van der Waals surface area contributed by atoms with Crippen molar-refractivity contribution < 1.29 is 20.9 Å². The van der Waals surface area contributed by atoms with Gasteiger partial charge in [-0.25, -0.2) is 20.9 Å². The third-order valence-corrected chi connectivity index (χ3v) is 4.70. The monoisotopic (exact) mass is 410 g/mol. The van der Waals surface area contributed by atoms with Crippen LogP contribution in [0, 0.1) is 10.4 Å². The first-order valence-electron chi connectivity index (χ1n) is 9.68. The topological polar surface area (TPSA) is 120 Å². The molecule has 0 aliphatic carbocycles. The Morgan fingerprint density at radius 2 is 1.03 bits per heavy atom. The number of quaternary nitrogens is 2. The minimum Gasteiger partial charge on any atom is -0.600 e. The molecule has 0 saturated heterocycles. The van der Waals surface area contributed by atoms with E-state index in [4.69, 9.17) is 0 Å². The van der Waals surface area contributed by atoms with Gasteiger partial charge in [-0.1, -0.05) is 60.7 Å². The second kappa shape index (κ2) is 10.7. The molecular formula is C22H26N4O4. The molecule has 158 valence electrons. The number of hydrogen-bond acceptors (Lipinski definition) is 6. The summed E-state index contributed by atoms with van der Waals surface area (Å²) < 4.78 is 0. The van der Waals surface area contributed by atoms with Gasteiger partial charge in [-0.3, -0.25) is 0 Å². The van der Waals surface area contributed by atoms with Gasteiger partial charge in [-0.15, -0.1) is 0 Å². The van der Waals surface area contributed by atoms with Gasteiger partial charge in [0, 0.05) is 11.4 Å². The van der Waals surface area contributed by atoms with Gasteiger partial charge in [-0.2, -0.15) is 0 Å². The van der Waals surface area contributed by atoms with Crippen molar-refractivity contribution in [2.75, 3.05) is 23.7 Å². The Balaban J connectivity index is 1.87. The number of rotatable bonds is 10. The average Bonchev–Trinajstić information content (AvgIpc) is 2.74. The Labute approximate surface area is 175 Å². The van der Waals surface area contributed by atoms with Gasteiger partial charge < -0.3 is 21.0 Å². The molecule has 0 spiro atoms. The molecule has 0 amide bonds. The standard InChI is InChI=1S/C22H26N4O4/c27-25(28)15-21(23-19-10-3-1-4-11-19)17-8-7-9-18(14-17)22(16-26(29)30)24-20-12-5-2-6-13-20/h1-14,21-27,29H,15-16H2/t21-,22-/m0/s1. The van der Waals surface area contributed by atoms with Crippen molar-refractivity contribution >= 4 is 11.4 Å². The molecule has 2 unspecified atom stereocenters. The Morgan fingerprint density at radius 3 is 1.40 bits per heavy atom. The lowest BCUT2D eigenvalue weighted by atomic mass is 9.99. The van der Waals surface area contributed by atoms with E-state index in [9.17, 15) is 20.8 Å². The largest absolute Gasteiger partial charge is 0.600 e. The molecule has 0 saturated carbocycles. The zero-order chi connectivity index (χ0) is 21.3. The van der Waals surface area contributed by atoms with Crippen molar-refractivity contribution in [1.29, 1.82) is 0 Å². The zero-order valence-corrected chi connectivity index (χ0v) is 16.4. The third-order valence-electron chi connectivity index (χ3n) is 4.70. The Bertz CT molecular complexity index is 823. The first kappa shape index (κ1) is 21.7. The minimum absolute atomic E-state index is 0.103. The van der Waals surface area contributed by atoms with Crippen LogP contribution in [-0.2, 0) is 0 Å². The van der Waals surface area contributed by atoms with Gasteiger partial charge >= 0.3 is 0 Å². The SMILES string of the molecule is [O-][NH+](O)C[C@H](Nc1ccccc1)c1cccc([C@H](C[NH+]([O-])O)Nc2ccccc2)c1. The molecule has 0 heterocycles. The van der Waals surface area contributed by atoms with Crippen molar-refractivity contribution in [3.8, 4) is 0 Å². The summed E-state index contributed by atoms with van der Waals surface area (Å²) in [5, 5.41) is 46.4. The van der Waals surface area contributed by atoms with Crippen LogP contribution >= 0.6 is 0 Å². The molecular weight excluding hydrogens is 384 g/mol. The normalized spacial score (nSPS) is 15.1. The van der Waals surface area contributed by atoms with Crippen molar-refractivity contribution in [3.05, 3.63) is 106 Å². The molecule has 3 rings (SSSR count). The highest BCUT2D eigenvalue weighted by Crippen LogP contribution is 2.24. The predicted molar refractivity (Wildman–Crippen MR) is 114 cm³/mol. The first-order valence-corrected chi connectivity index (χ1v) is 9.68. The summed E-state index contributed by atoms with van der Waals surface area (Å²) in [5.74, 6) is 0. The molecule has 4 atom stereocenters. The molecule has 3 aromatic rings. The van der Waals surface area contributed by atoms with Crippen LogP contribution in [-0.4, -0.2) is 23.5 Å². The molecule has 6 N–H and O–H groups in total. The highest BCUT2D eigenvalue weighted by molar-refractivity contribution is 5.48. The maximum Gasteiger partial charge on any atom is 0.131 e. The molecule has 0 fully saturated rings. The van der Waals surface area contributed by atoms with Crippen LogP contribution in [0.15, 0.2) is 84.9 Å². The van der Waals surface area contributed by atoms with Gasteiger partial charge in [0.1, 0.15) is 25.2 Å². The highest BCUT2D eigenvalue weighted by atomic mass is 16.8. The van der Waals surface area contributed by atoms with E-state index < -0.39 is 22.5 Å².